The number of carbonyl (C=O) groups is 1. The summed E-state index contributed by atoms with van der Waals surface area (Å²) in [6.07, 6.45) is 10.5. The number of Topliss-reactive ketones (excluding diaryl/α,β-unsaturated/α-hetero) is 1. The van der Waals surface area contributed by atoms with Gasteiger partial charge >= 0.3 is 0 Å². The molecule has 0 saturated heterocycles. The van der Waals surface area contributed by atoms with E-state index in [-0.39, 0.29) is 5.92 Å². The van der Waals surface area contributed by atoms with Crippen molar-refractivity contribution in [2.45, 2.75) is 72.6 Å². The van der Waals surface area contributed by atoms with E-state index >= 15 is 0 Å². The molecule has 0 unspecified atom stereocenters. The Morgan fingerprint density at radius 2 is 1.53 bits per heavy atom. The van der Waals surface area contributed by atoms with Gasteiger partial charge in [0.2, 0.25) is 0 Å². The molecule has 0 heterocycles. The maximum atomic E-state index is 13.0. The van der Waals surface area contributed by atoms with Crippen LogP contribution in [-0.4, -0.2) is 12.4 Å². The number of allylic oxidation sites excluding steroid dienone is 1. The summed E-state index contributed by atoms with van der Waals surface area (Å²) in [7, 11) is 0. The first kappa shape index (κ1) is 24.3. The van der Waals surface area contributed by atoms with E-state index in [1.54, 1.807) is 0 Å². The molecule has 0 bridgehead atoms. The first-order valence-corrected chi connectivity index (χ1v) is 12.6. The SMILES string of the molecule is CCCCCCCOc1ccc(-c2ccc(/C=C3\C(=O)[C@@H](C(C)C)CC[C@H]3C)cc2)cc1. The molecule has 1 saturated carbocycles. The standard InChI is InChI=1S/C30H40O2/c1-5-6-7-8-9-20-32-27-17-15-26(16-18-27)25-13-11-24(12-14-25)21-29-23(4)10-19-28(22(2)3)30(29)31/h11-18,21-23,28H,5-10,19-20H2,1-4H3/b29-21-/t23-,28-/m1/s1. The van der Waals surface area contributed by atoms with Gasteiger partial charge in [0.15, 0.2) is 5.78 Å². The van der Waals surface area contributed by atoms with Crippen molar-refractivity contribution in [1.82, 2.24) is 0 Å². The molecule has 0 spiro atoms. The molecule has 2 nitrogen and oxygen atoms in total. The molecule has 172 valence electrons. The lowest BCUT2D eigenvalue weighted by atomic mass is 9.73. The molecule has 2 heteroatoms. The van der Waals surface area contributed by atoms with E-state index in [0.29, 0.717) is 17.6 Å². The van der Waals surface area contributed by atoms with Crippen LogP contribution in [0.3, 0.4) is 0 Å². The van der Waals surface area contributed by atoms with Crippen LogP contribution >= 0.6 is 0 Å². The van der Waals surface area contributed by atoms with Gasteiger partial charge in [-0.25, -0.2) is 0 Å². The fourth-order valence-corrected chi connectivity index (χ4v) is 4.61. The lowest BCUT2D eigenvalue weighted by Crippen LogP contribution is -2.30. The van der Waals surface area contributed by atoms with Crippen molar-refractivity contribution in [2.24, 2.45) is 17.8 Å². The van der Waals surface area contributed by atoms with Gasteiger partial charge in [0.05, 0.1) is 6.61 Å². The largest absolute Gasteiger partial charge is 0.494 e. The molecule has 0 amide bonds. The van der Waals surface area contributed by atoms with Crippen molar-refractivity contribution in [3.05, 3.63) is 59.7 Å². The summed E-state index contributed by atoms with van der Waals surface area (Å²) in [4.78, 5) is 13.0. The van der Waals surface area contributed by atoms with Crippen molar-refractivity contribution in [3.8, 4) is 16.9 Å². The first-order valence-electron chi connectivity index (χ1n) is 12.6. The van der Waals surface area contributed by atoms with Crippen molar-refractivity contribution in [1.29, 1.82) is 0 Å². The molecular formula is C30H40O2. The van der Waals surface area contributed by atoms with Crippen LogP contribution < -0.4 is 4.74 Å². The number of benzene rings is 2. The number of hydrogen-bond donors (Lipinski definition) is 0. The molecule has 0 N–H and O–H groups in total. The minimum atomic E-state index is 0.175. The van der Waals surface area contributed by atoms with E-state index in [9.17, 15) is 4.79 Å². The fraction of sp³-hybridized carbons (Fsp3) is 0.500. The molecule has 1 aliphatic rings. The van der Waals surface area contributed by atoms with Crippen LogP contribution in [0.25, 0.3) is 17.2 Å². The van der Waals surface area contributed by atoms with Gasteiger partial charge in [-0.05, 0) is 71.6 Å². The van der Waals surface area contributed by atoms with Crippen molar-refractivity contribution < 1.29 is 9.53 Å². The zero-order chi connectivity index (χ0) is 22.9. The molecule has 0 radical (unpaired) electrons. The third-order valence-corrected chi connectivity index (χ3v) is 6.80. The van der Waals surface area contributed by atoms with E-state index in [1.807, 2.05) is 0 Å². The summed E-state index contributed by atoms with van der Waals surface area (Å²) in [5, 5.41) is 0. The molecule has 1 fully saturated rings. The van der Waals surface area contributed by atoms with Gasteiger partial charge in [-0.15, -0.1) is 0 Å². The van der Waals surface area contributed by atoms with Gasteiger partial charge in [-0.2, -0.15) is 0 Å². The van der Waals surface area contributed by atoms with Crippen molar-refractivity contribution in [3.63, 3.8) is 0 Å². The highest BCUT2D eigenvalue weighted by atomic mass is 16.5. The second-order valence-electron chi connectivity index (χ2n) is 9.70. The Bertz CT molecular complexity index is 874. The van der Waals surface area contributed by atoms with E-state index in [2.05, 4.69) is 82.3 Å². The summed E-state index contributed by atoms with van der Waals surface area (Å²) >= 11 is 0. The van der Waals surface area contributed by atoms with Crippen LogP contribution in [0.2, 0.25) is 0 Å². The Balaban J connectivity index is 1.60. The zero-order valence-corrected chi connectivity index (χ0v) is 20.4. The number of rotatable bonds is 10. The maximum absolute atomic E-state index is 13.0. The Morgan fingerprint density at radius 1 is 0.906 bits per heavy atom. The molecule has 0 aromatic heterocycles. The number of unbranched alkanes of at least 4 members (excludes halogenated alkanes) is 4. The number of ether oxygens (including phenoxy) is 1. The smallest absolute Gasteiger partial charge is 0.162 e. The maximum Gasteiger partial charge on any atom is 0.162 e. The van der Waals surface area contributed by atoms with Crippen LogP contribution in [-0.2, 0) is 4.79 Å². The van der Waals surface area contributed by atoms with E-state index < -0.39 is 0 Å². The molecule has 0 aliphatic heterocycles. The topological polar surface area (TPSA) is 26.3 Å². The van der Waals surface area contributed by atoms with Gasteiger partial charge in [0.1, 0.15) is 5.75 Å². The average molecular weight is 433 g/mol. The molecule has 1 aliphatic carbocycles. The monoisotopic (exact) mass is 432 g/mol. The second-order valence-corrected chi connectivity index (χ2v) is 9.70. The zero-order valence-electron chi connectivity index (χ0n) is 20.4. The molecule has 2 aromatic rings. The van der Waals surface area contributed by atoms with Gasteiger partial charge in [-0.1, -0.05) is 89.8 Å². The van der Waals surface area contributed by atoms with Crippen molar-refractivity contribution >= 4 is 11.9 Å². The Kier molecular flexibility index (Phi) is 9.14. The Hall–Kier alpha value is -2.35. The van der Waals surface area contributed by atoms with Crippen LogP contribution in [0.4, 0.5) is 0 Å². The summed E-state index contributed by atoms with van der Waals surface area (Å²) in [6, 6.07) is 16.9. The number of ketones is 1. The highest BCUT2D eigenvalue weighted by molar-refractivity contribution is 6.02. The van der Waals surface area contributed by atoms with E-state index in [4.69, 9.17) is 4.74 Å². The minimum absolute atomic E-state index is 0.175. The average Bonchev–Trinajstić information content (AvgIpc) is 2.79. The third-order valence-electron chi connectivity index (χ3n) is 6.80. The molecule has 2 aromatic carbocycles. The lowest BCUT2D eigenvalue weighted by molar-refractivity contribution is -0.122. The lowest BCUT2D eigenvalue weighted by Gasteiger charge is -2.30. The highest BCUT2D eigenvalue weighted by Gasteiger charge is 2.32. The van der Waals surface area contributed by atoms with Crippen LogP contribution in [0, 0.1) is 17.8 Å². The minimum Gasteiger partial charge on any atom is -0.494 e. The van der Waals surface area contributed by atoms with Crippen molar-refractivity contribution in [2.75, 3.05) is 6.61 Å². The van der Waals surface area contributed by atoms with Gasteiger partial charge in [-0.3, -0.25) is 4.79 Å². The van der Waals surface area contributed by atoms with Gasteiger partial charge in [0, 0.05) is 5.92 Å². The molecule has 32 heavy (non-hydrogen) atoms. The molecule has 2 atom stereocenters. The predicted molar refractivity (Wildman–Crippen MR) is 136 cm³/mol. The fourth-order valence-electron chi connectivity index (χ4n) is 4.61. The summed E-state index contributed by atoms with van der Waals surface area (Å²) in [5.74, 6) is 2.22. The second kappa shape index (κ2) is 12.0. The number of carbonyl (C=O) groups excluding carboxylic acids is 1. The third kappa shape index (κ3) is 6.58. The number of hydrogen-bond acceptors (Lipinski definition) is 2. The highest BCUT2D eigenvalue weighted by Crippen LogP contribution is 2.35. The predicted octanol–water partition coefficient (Wildman–Crippen LogP) is 8.36. The normalized spacial score (nSPS) is 20.2. The van der Waals surface area contributed by atoms with Crippen LogP contribution in [0.1, 0.15) is 78.2 Å². The summed E-state index contributed by atoms with van der Waals surface area (Å²) < 4.78 is 5.89. The summed E-state index contributed by atoms with van der Waals surface area (Å²) in [6.45, 7) is 9.54. The molecule has 3 rings (SSSR count). The van der Waals surface area contributed by atoms with E-state index in [0.717, 1.165) is 42.8 Å². The van der Waals surface area contributed by atoms with Crippen LogP contribution in [0.5, 0.6) is 5.75 Å². The quantitative estimate of drug-likeness (QED) is 0.278. The van der Waals surface area contributed by atoms with Gasteiger partial charge < -0.3 is 4.74 Å². The molecular weight excluding hydrogens is 392 g/mol. The van der Waals surface area contributed by atoms with Gasteiger partial charge in [0.25, 0.3) is 0 Å². The van der Waals surface area contributed by atoms with Crippen LogP contribution in [0.15, 0.2) is 54.1 Å². The Morgan fingerprint density at radius 3 is 2.16 bits per heavy atom. The van der Waals surface area contributed by atoms with E-state index in [1.165, 1.54) is 36.8 Å². The first-order chi connectivity index (χ1) is 15.5. The summed E-state index contributed by atoms with van der Waals surface area (Å²) in [5.41, 5.74) is 4.47. The Labute approximate surface area is 195 Å².